The molecule has 3 rings (SSSR count). The van der Waals surface area contributed by atoms with E-state index >= 15 is 0 Å². The van der Waals surface area contributed by atoms with Crippen LogP contribution in [0.2, 0.25) is 0 Å². The fraction of sp³-hybridized carbons (Fsp3) is 0.150. The van der Waals surface area contributed by atoms with E-state index in [0.717, 1.165) is 11.3 Å². The summed E-state index contributed by atoms with van der Waals surface area (Å²) < 4.78 is 1.76. The van der Waals surface area contributed by atoms with Gasteiger partial charge in [-0.3, -0.25) is 9.59 Å². The molecule has 0 atom stereocenters. The van der Waals surface area contributed by atoms with Gasteiger partial charge in [0.2, 0.25) is 5.91 Å². The topological polar surface area (TPSA) is 76.0 Å². The molecular formula is C20H20N4O2. The van der Waals surface area contributed by atoms with Gasteiger partial charge in [-0.05, 0) is 30.7 Å². The summed E-state index contributed by atoms with van der Waals surface area (Å²) in [6.07, 6.45) is 0. The van der Waals surface area contributed by atoms with Crippen molar-refractivity contribution in [1.82, 2.24) is 9.78 Å². The first-order valence-electron chi connectivity index (χ1n) is 8.28. The molecule has 2 aromatic carbocycles. The number of benzene rings is 2. The van der Waals surface area contributed by atoms with E-state index in [2.05, 4.69) is 15.7 Å². The van der Waals surface area contributed by atoms with Gasteiger partial charge in [0.15, 0.2) is 0 Å². The zero-order valence-electron chi connectivity index (χ0n) is 14.7. The minimum Gasteiger partial charge on any atom is -0.326 e. The van der Waals surface area contributed by atoms with Crippen molar-refractivity contribution in [2.45, 2.75) is 20.4 Å². The van der Waals surface area contributed by atoms with E-state index in [1.807, 2.05) is 43.3 Å². The normalized spacial score (nSPS) is 10.4. The number of nitrogens with zero attached hydrogens (tertiary/aromatic N) is 2. The van der Waals surface area contributed by atoms with Gasteiger partial charge < -0.3 is 10.6 Å². The van der Waals surface area contributed by atoms with Gasteiger partial charge in [-0.25, -0.2) is 4.68 Å². The molecule has 0 bridgehead atoms. The van der Waals surface area contributed by atoms with Crippen LogP contribution in [0.4, 0.5) is 11.5 Å². The molecule has 132 valence electrons. The summed E-state index contributed by atoms with van der Waals surface area (Å²) in [5, 5.41) is 10.0. The zero-order chi connectivity index (χ0) is 18.5. The summed E-state index contributed by atoms with van der Waals surface area (Å²) in [6.45, 7) is 3.88. The lowest BCUT2D eigenvalue weighted by atomic mass is 10.2. The smallest absolute Gasteiger partial charge is 0.256 e. The van der Waals surface area contributed by atoms with Crippen molar-refractivity contribution >= 4 is 23.3 Å². The maximum Gasteiger partial charge on any atom is 0.256 e. The number of aryl methyl sites for hydroxylation is 1. The number of hydrogen-bond donors (Lipinski definition) is 2. The minimum atomic E-state index is -0.258. The predicted molar refractivity (Wildman–Crippen MR) is 101 cm³/mol. The first kappa shape index (κ1) is 17.4. The Hall–Kier alpha value is -3.41. The highest BCUT2D eigenvalue weighted by atomic mass is 16.2. The van der Waals surface area contributed by atoms with Crippen LogP contribution in [0.3, 0.4) is 0 Å². The molecule has 0 saturated carbocycles. The number of amides is 2. The van der Waals surface area contributed by atoms with Crippen LogP contribution >= 0.6 is 0 Å². The molecule has 3 aromatic rings. The van der Waals surface area contributed by atoms with Crippen molar-refractivity contribution < 1.29 is 9.59 Å². The van der Waals surface area contributed by atoms with Gasteiger partial charge in [-0.2, -0.15) is 5.10 Å². The SMILES string of the molecule is CC(=O)Nc1cccc(C(=O)Nc2cc(C)nn2Cc2ccccc2)c1. The molecule has 2 N–H and O–H groups in total. The largest absolute Gasteiger partial charge is 0.326 e. The van der Waals surface area contributed by atoms with Crippen molar-refractivity contribution in [3.8, 4) is 0 Å². The van der Waals surface area contributed by atoms with Crippen molar-refractivity contribution in [2.24, 2.45) is 0 Å². The second-order valence-electron chi connectivity index (χ2n) is 6.03. The Kier molecular flexibility index (Phi) is 5.12. The summed E-state index contributed by atoms with van der Waals surface area (Å²) in [6, 6.07) is 18.6. The summed E-state index contributed by atoms with van der Waals surface area (Å²) in [4.78, 5) is 23.8. The highest BCUT2D eigenvalue weighted by molar-refractivity contribution is 6.04. The second kappa shape index (κ2) is 7.65. The quantitative estimate of drug-likeness (QED) is 0.741. The van der Waals surface area contributed by atoms with E-state index in [9.17, 15) is 9.59 Å². The van der Waals surface area contributed by atoms with Gasteiger partial charge in [0.25, 0.3) is 5.91 Å². The highest BCUT2D eigenvalue weighted by Gasteiger charge is 2.12. The molecule has 1 heterocycles. The molecule has 0 saturated heterocycles. The van der Waals surface area contributed by atoms with Crippen LogP contribution < -0.4 is 10.6 Å². The van der Waals surface area contributed by atoms with Gasteiger partial charge in [-0.1, -0.05) is 36.4 Å². The highest BCUT2D eigenvalue weighted by Crippen LogP contribution is 2.16. The minimum absolute atomic E-state index is 0.181. The Balaban J connectivity index is 1.78. The molecule has 0 aliphatic rings. The average molecular weight is 348 g/mol. The maximum atomic E-state index is 12.6. The Bertz CT molecular complexity index is 932. The number of anilines is 2. The standard InChI is InChI=1S/C20H20N4O2/c1-14-11-19(24(23-14)13-16-7-4-3-5-8-16)22-20(26)17-9-6-10-18(12-17)21-15(2)25/h3-12H,13H2,1-2H3,(H,21,25)(H,22,26). The second-order valence-corrected chi connectivity index (χ2v) is 6.03. The number of carbonyl (C=O) groups excluding carboxylic acids is 2. The lowest BCUT2D eigenvalue weighted by molar-refractivity contribution is -0.114. The number of nitrogens with one attached hydrogen (secondary N) is 2. The molecule has 1 aromatic heterocycles. The summed E-state index contributed by atoms with van der Waals surface area (Å²) in [7, 11) is 0. The lowest BCUT2D eigenvalue weighted by Gasteiger charge is -2.10. The van der Waals surface area contributed by atoms with Crippen LogP contribution in [0.5, 0.6) is 0 Å². The van der Waals surface area contributed by atoms with E-state index in [-0.39, 0.29) is 11.8 Å². The summed E-state index contributed by atoms with van der Waals surface area (Å²) in [5.41, 5.74) is 2.96. The van der Waals surface area contributed by atoms with Crippen LogP contribution in [-0.2, 0) is 11.3 Å². The maximum absolute atomic E-state index is 12.6. The third-order valence-electron chi connectivity index (χ3n) is 3.76. The summed E-state index contributed by atoms with van der Waals surface area (Å²) >= 11 is 0. The Labute approximate surface area is 151 Å². The molecular weight excluding hydrogens is 328 g/mol. The average Bonchev–Trinajstić information content (AvgIpc) is 2.94. The molecule has 26 heavy (non-hydrogen) atoms. The van der Waals surface area contributed by atoms with E-state index in [1.165, 1.54) is 6.92 Å². The van der Waals surface area contributed by atoms with Crippen LogP contribution in [0, 0.1) is 6.92 Å². The van der Waals surface area contributed by atoms with E-state index in [1.54, 1.807) is 28.9 Å². The molecule has 2 amide bonds. The molecule has 0 unspecified atom stereocenters. The van der Waals surface area contributed by atoms with Gasteiger partial charge in [-0.15, -0.1) is 0 Å². The predicted octanol–water partition coefficient (Wildman–Crippen LogP) is 3.45. The number of hydrogen-bond acceptors (Lipinski definition) is 3. The van der Waals surface area contributed by atoms with Crippen molar-refractivity contribution in [1.29, 1.82) is 0 Å². The van der Waals surface area contributed by atoms with E-state index in [4.69, 9.17) is 0 Å². The number of aromatic nitrogens is 2. The number of rotatable bonds is 5. The third-order valence-corrected chi connectivity index (χ3v) is 3.76. The number of carbonyl (C=O) groups is 2. The van der Waals surface area contributed by atoms with Gasteiger partial charge >= 0.3 is 0 Å². The Morgan fingerprint density at radius 3 is 2.50 bits per heavy atom. The Morgan fingerprint density at radius 2 is 1.77 bits per heavy atom. The monoisotopic (exact) mass is 348 g/mol. The molecule has 6 nitrogen and oxygen atoms in total. The van der Waals surface area contributed by atoms with Crippen LogP contribution in [0.1, 0.15) is 28.5 Å². The van der Waals surface area contributed by atoms with E-state index < -0.39 is 0 Å². The fourth-order valence-electron chi connectivity index (χ4n) is 2.65. The fourth-order valence-corrected chi connectivity index (χ4v) is 2.65. The molecule has 6 heteroatoms. The van der Waals surface area contributed by atoms with Crippen molar-refractivity contribution in [2.75, 3.05) is 10.6 Å². The van der Waals surface area contributed by atoms with Crippen molar-refractivity contribution in [3.05, 3.63) is 77.5 Å². The molecule has 0 aliphatic heterocycles. The van der Waals surface area contributed by atoms with Crippen LogP contribution in [0.25, 0.3) is 0 Å². The van der Waals surface area contributed by atoms with Crippen molar-refractivity contribution in [3.63, 3.8) is 0 Å². The molecule has 0 fully saturated rings. The van der Waals surface area contributed by atoms with Crippen LogP contribution in [-0.4, -0.2) is 21.6 Å². The molecule has 0 radical (unpaired) electrons. The zero-order valence-corrected chi connectivity index (χ0v) is 14.7. The van der Waals surface area contributed by atoms with E-state index in [0.29, 0.717) is 23.6 Å². The Morgan fingerprint density at radius 1 is 1.00 bits per heavy atom. The third kappa shape index (κ3) is 4.36. The molecule has 0 spiro atoms. The molecule has 0 aliphatic carbocycles. The van der Waals surface area contributed by atoms with Crippen LogP contribution in [0.15, 0.2) is 60.7 Å². The van der Waals surface area contributed by atoms with Gasteiger partial charge in [0.1, 0.15) is 5.82 Å². The first-order valence-corrected chi connectivity index (χ1v) is 8.28. The van der Waals surface area contributed by atoms with Gasteiger partial charge in [0, 0.05) is 24.2 Å². The lowest BCUT2D eigenvalue weighted by Crippen LogP contribution is -2.16. The first-order chi connectivity index (χ1) is 12.5. The van der Waals surface area contributed by atoms with Gasteiger partial charge in [0.05, 0.1) is 12.2 Å². The summed E-state index contributed by atoms with van der Waals surface area (Å²) in [5.74, 6) is 0.187.